The lowest BCUT2D eigenvalue weighted by Gasteiger charge is -2.05. The normalized spacial score (nSPS) is 10.8. The minimum absolute atomic E-state index is 0.142. The van der Waals surface area contributed by atoms with Crippen molar-refractivity contribution < 1.29 is 4.79 Å². The van der Waals surface area contributed by atoms with Crippen LogP contribution in [0.25, 0.3) is 5.69 Å². The summed E-state index contributed by atoms with van der Waals surface area (Å²) in [6.07, 6.45) is 0. The number of aromatic nitrogens is 2. The average Bonchev–Trinajstić information content (AvgIpc) is 2.92. The number of hydrogen-bond acceptors (Lipinski definition) is 3. The first-order valence-electron chi connectivity index (χ1n) is 7.32. The summed E-state index contributed by atoms with van der Waals surface area (Å²) in [4.78, 5) is 12.7. The Labute approximate surface area is 149 Å². The van der Waals surface area contributed by atoms with Gasteiger partial charge in [-0.15, -0.1) is 11.6 Å². The summed E-state index contributed by atoms with van der Waals surface area (Å²) in [5.74, 6) is -0.0885. The standard InChI is InChI=1S/C18H15Cl2N3O/c1-11-2-4-12(5-3-11)18(24)17-16(21)15(10-19)23(22-17)14-8-6-13(20)7-9-14/h2-9H,10,21H2,1H3. The third-order valence-electron chi connectivity index (χ3n) is 3.75. The zero-order valence-corrected chi connectivity index (χ0v) is 14.5. The number of carbonyl (C=O) groups is 1. The Morgan fingerprint density at radius 3 is 2.33 bits per heavy atom. The lowest BCUT2D eigenvalue weighted by Crippen LogP contribution is -2.06. The van der Waals surface area contributed by atoms with Crippen LogP contribution < -0.4 is 5.73 Å². The fourth-order valence-electron chi connectivity index (χ4n) is 2.40. The highest BCUT2D eigenvalue weighted by molar-refractivity contribution is 6.30. The molecule has 6 heteroatoms. The maximum Gasteiger partial charge on any atom is 0.215 e. The van der Waals surface area contributed by atoms with Crippen molar-refractivity contribution in [2.45, 2.75) is 12.8 Å². The number of halogens is 2. The number of carbonyl (C=O) groups excluding carboxylic acids is 1. The Kier molecular flexibility index (Phi) is 4.60. The monoisotopic (exact) mass is 359 g/mol. The minimum atomic E-state index is -0.230. The van der Waals surface area contributed by atoms with Crippen LogP contribution in [0.15, 0.2) is 48.5 Å². The van der Waals surface area contributed by atoms with Crippen LogP contribution >= 0.6 is 23.2 Å². The Morgan fingerprint density at radius 1 is 1.12 bits per heavy atom. The van der Waals surface area contributed by atoms with Gasteiger partial charge in [0.25, 0.3) is 0 Å². The van der Waals surface area contributed by atoms with E-state index in [2.05, 4.69) is 5.10 Å². The van der Waals surface area contributed by atoms with Crippen molar-refractivity contribution in [3.63, 3.8) is 0 Å². The van der Waals surface area contributed by atoms with Crippen molar-refractivity contribution in [2.75, 3.05) is 5.73 Å². The van der Waals surface area contributed by atoms with Crippen LogP contribution in [0.5, 0.6) is 0 Å². The second-order valence-corrected chi connectivity index (χ2v) is 6.13. The van der Waals surface area contributed by atoms with Gasteiger partial charge in [-0.1, -0.05) is 41.4 Å². The fraction of sp³-hybridized carbons (Fsp3) is 0.111. The fourth-order valence-corrected chi connectivity index (χ4v) is 2.78. The number of hydrogen-bond donors (Lipinski definition) is 1. The Balaban J connectivity index is 2.08. The molecule has 122 valence electrons. The Hall–Kier alpha value is -2.30. The number of benzene rings is 2. The molecule has 1 aromatic heterocycles. The molecule has 0 aliphatic rings. The maximum atomic E-state index is 12.7. The van der Waals surface area contributed by atoms with Crippen LogP contribution in [-0.2, 0) is 5.88 Å². The van der Waals surface area contributed by atoms with E-state index in [-0.39, 0.29) is 17.4 Å². The zero-order valence-electron chi connectivity index (χ0n) is 13.0. The molecule has 3 rings (SSSR count). The zero-order chi connectivity index (χ0) is 17.3. The summed E-state index contributed by atoms with van der Waals surface area (Å²) < 4.78 is 1.58. The minimum Gasteiger partial charge on any atom is -0.395 e. The highest BCUT2D eigenvalue weighted by atomic mass is 35.5. The molecule has 0 radical (unpaired) electrons. The molecule has 0 fully saturated rings. The van der Waals surface area contributed by atoms with Crippen LogP contribution in [0.3, 0.4) is 0 Å². The van der Waals surface area contributed by atoms with Gasteiger partial charge < -0.3 is 5.73 Å². The highest BCUT2D eigenvalue weighted by Crippen LogP contribution is 2.25. The molecule has 0 aliphatic heterocycles. The van der Waals surface area contributed by atoms with Gasteiger partial charge in [0.1, 0.15) is 0 Å². The van der Waals surface area contributed by atoms with Crippen LogP contribution in [0.2, 0.25) is 5.02 Å². The predicted molar refractivity (Wildman–Crippen MR) is 97.2 cm³/mol. The number of rotatable bonds is 4. The molecule has 0 amide bonds. The Bertz CT molecular complexity index is 884. The number of ketones is 1. The van der Waals surface area contributed by atoms with Crippen LogP contribution in [-0.4, -0.2) is 15.6 Å². The maximum absolute atomic E-state index is 12.7. The van der Waals surface area contributed by atoms with Gasteiger partial charge in [0.2, 0.25) is 5.78 Å². The summed E-state index contributed by atoms with van der Waals surface area (Å²) >= 11 is 11.9. The summed E-state index contributed by atoms with van der Waals surface area (Å²) in [7, 11) is 0. The molecule has 0 saturated heterocycles. The largest absolute Gasteiger partial charge is 0.395 e. The Morgan fingerprint density at radius 2 is 1.75 bits per heavy atom. The first-order chi connectivity index (χ1) is 11.5. The van der Waals surface area contributed by atoms with E-state index in [1.807, 2.05) is 19.1 Å². The topological polar surface area (TPSA) is 60.9 Å². The van der Waals surface area contributed by atoms with Crippen molar-refractivity contribution in [3.8, 4) is 5.69 Å². The van der Waals surface area contributed by atoms with Gasteiger partial charge in [0.15, 0.2) is 5.69 Å². The molecule has 24 heavy (non-hydrogen) atoms. The number of anilines is 1. The number of nitrogens with two attached hydrogens (primary N) is 1. The SMILES string of the molecule is Cc1ccc(C(=O)c2nn(-c3ccc(Cl)cc3)c(CCl)c2N)cc1. The van der Waals surface area contributed by atoms with Gasteiger partial charge in [-0.3, -0.25) is 4.79 Å². The molecule has 1 heterocycles. The molecule has 2 aromatic carbocycles. The third kappa shape index (κ3) is 3.03. The van der Waals surface area contributed by atoms with E-state index < -0.39 is 0 Å². The second-order valence-electron chi connectivity index (χ2n) is 5.43. The molecule has 0 saturated carbocycles. The van der Waals surface area contributed by atoms with Crippen molar-refractivity contribution in [3.05, 3.63) is 76.1 Å². The summed E-state index contributed by atoms with van der Waals surface area (Å²) in [6, 6.07) is 14.4. The number of aryl methyl sites for hydroxylation is 1. The van der Waals surface area contributed by atoms with E-state index in [4.69, 9.17) is 28.9 Å². The molecule has 2 N–H and O–H groups in total. The van der Waals surface area contributed by atoms with Gasteiger partial charge in [-0.2, -0.15) is 5.10 Å². The van der Waals surface area contributed by atoms with Crippen LogP contribution in [0.4, 0.5) is 5.69 Å². The summed E-state index contributed by atoms with van der Waals surface area (Å²) in [5, 5.41) is 5.01. The third-order valence-corrected chi connectivity index (χ3v) is 4.25. The molecule has 4 nitrogen and oxygen atoms in total. The number of nitrogen functional groups attached to an aromatic ring is 1. The van der Waals surface area contributed by atoms with Gasteiger partial charge in [0.05, 0.1) is 22.9 Å². The van der Waals surface area contributed by atoms with E-state index in [0.29, 0.717) is 22.0 Å². The quantitative estimate of drug-likeness (QED) is 0.555. The van der Waals surface area contributed by atoms with Crippen LogP contribution in [0.1, 0.15) is 27.3 Å². The second kappa shape index (κ2) is 6.67. The molecular weight excluding hydrogens is 345 g/mol. The van der Waals surface area contributed by atoms with Crippen molar-refractivity contribution >= 4 is 34.7 Å². The molecule has 0 unspecified atom stereocenters. The van der Waals surface area contributed by atoms with Gasteiger partial charge in [-0.05, 0) is 31.2 Å². The predicted octanol–water partition coefficient (Wildman–Crippen LogP) is 4.39. The lowest BCUT2D eigenvalue weighted by atomic mass is 10.1. The molecule has 0 spiro atoms. The molecule has 0 aliphatic carbocycles. The van der Waals surface area contributed by atoms with Crippen molar-refractivity contribution in [1.29, 1.82) is 0 Å². The van der Waals surface area contributed by atoms with E-state index >= 15 is 0 Å². The lowest BCUT2D eigenvalue weighted by molar-refractivity contribution is 0.103. The van der Waals surface area contributed by atoms with Crippen LogP contribution in [0, 0.1) is 6.92 Å². The van der Waals surface area contributed by atoms with Gasteiger partial charge in [-0.25, -0.2) is 4.68 Å². The first kappa shape index (κ1) is 16.6. The molecule has 0 bridgehead atoms. The van der Waals surface area contributed by atoms with Gasteiger partial charge >= 0.3 is 0 Å². The van der Waals surface area contributed by atoms with E-state index in [0.717, 1.165) is 11.3 Å². The molecule has 3 aromatic rings. The molecular formula is C18H15Cl2N3O. The highest BCUT2D eigenvalue weighted by Gasteiger charge is 2.22. The van der Waals surface area contributed by atoms with Crippen molar-refractivity contribution in [1.82, 2.24) is 9.78 Å². The number of nitrogens with zero attached hydrogens (tertiary/aromatic N) is 2. The smallest absolute Gasteiger partial charge is 0.215 e. The summed E-state index contributed by atoms with van der Waals surface area (Å²) in [6.45, 7) is 1.96. The average molecular weight is 360 g/mol. The summed E-state index contributed by atoms with van der Waals surface area (Å²) in [5.41, 5.74) is 9.56. The number of alkyl halides is 1. The van der Waals surface area contributed by atoms with E-state index in [9.17, 15) is 4.79 Å². The van der Waals surface area contributed by atoms with E-state index in [1.54, 1.807) is 41.1 Å². The molecule has 0 atom stereocenters. The first-order valence-corrected chi connectivity index (χ1v) is 8.23. The van der Waals surface area contributed by atoms with Crippen molar-refractivity contribution in [2.24, 2.45) is 0 Å². The van der Waals surface area contributed by atoms with E-state index in [1.165, 1.54) is 0 Å². The van der Waals surface area contributed by atoms with Gasteiger partial charge in [0, 0.05) is 10.6 Å².